The molecule has 0 saturated carbocycles. The van der Waals surface area contributed by atoms with Crippen molar-refractivity contribution in [1.29, 1.82) is 0 Å². The fraction of sp³-hybridized carbons (Fsp3) is 0.375. The Kier molecular flexibility index (Phi) is 9.66. The molecule has 3 aromatic rings. The van der Waals surface area contributed by atoms with Crippen molar-refractivity contribution in [2.75, 3.05) is 47.6 Å². The normalized spacial score (nSPS) is 12.8. The number of hydrogen-bond acceptors (Lipinski definition) is 7. The third-order valence-corrected chi connectivity index (χ3v) is 6.28. The Morgan fingerprint density at radius 1 is 1.06 bits per heavy atom. The first-order valence-electron chi connectivity index (χ1n) is 10.9. The zero-order valence-electron chi connectivity index (χ0n) is 20.9. The lowest BCUT2D eigenvalue weighted by molar-refractivity contribution is 0.0966. The van der Waals surface area contributed by atoms with Crippen LogP contribution >= 0.6 is 24.8 Å². The van der Waals surface area contributed by atoms with E-state index in [0.29, 0.717) is 16.7 Å². The number of rotatable bonds is 9. The monoisotopic (exact) mass is 558 g/mol. The Morgan fingerprint density at radius 2 is 1.78 bits per heavy atom. The van der Waals surface area contributed by atoms with Crippen LogP contribution in [0.2, 0.25) is 0 Å². The molecule has 0 aliphatic carbocycles. The molecule has 198 valence electrons. The molecule has 2 N–H and O–H groups in total. The quantitative estimate of drug-likeness (QED) is 0.388. The number of H-pyrrole nitrogens is 1. The molecular formula is C24H32Cl2N4O5S. The maximum absolute atomic E-state index is 12.7. The maximum atomic E-state index is 12.7. The molecule has 9 nitrogen and oxygen atoms in total. The summed E-state index contributed by atoms with van der Waals surface area (Å²) in [5, 5.41) is 3.79. The molecule has 12 heteroatoms. The van der Waals surface area contributed by atoms with Crippen molar-refractivity contribution in [1.82, 2.24) is 20.1 Å². The molecule has 2 heterocycles. The molecule has 36 heavy (non-hydrogen) atoms. The fourth-order valence-corrected chi connectivity index (χ4v) is 4.66. The number of likely N-dealkylation sites (N-methyl/N-ethyl adjacent to an activating group) is 2. The lowest BCUT2D eigenvalue weighted by atomic mass is 9.98. The van der Waals surface area contributed by atoms with Crippen molar-refractivity contribution in [3.63, 3.8) is 0 Å². The number of nitrogens with one attached hydrogen (secondary N) is 2. The third-order valence-electron chi connectivity index (χ3n) is 5.81. The second kappa shape index (κ2) is 11.7. The summed E-state index contributed by atoms with van der Waals surface area (Å²) in [5.41, 5.74) is 4.35. The van der Waals surface area contributed by atoms with Crippen molar-refractivity contribution in [2.45, 2.75) is 13.1 Å². The Hall–Kier alpha value is -2.50. The van der Waals surface area contributed by atoms with Gasteiger partial charge < -0.3 is 29.0 Å². The summed E-state index contributed by atoms with van der Waals surface area (Å²) < 4.78 is 34.2. The number of nitrogens with zero attached hydrogens (tertiary/aromatic N) is 2. The van der Waals surface area contributed by atoms with Gasteiger partial charge in [0.25, 0.3) is 5.91 Å². The van der Waals surface area contributed by atoms with Gasteiger partial charge >= 0.3 is 10.1 Å². The molecule has 0 saturated heterocycles. The molecule has 4 rings (SSSR count). The van der Waals surface area contributed by atoms with E-state index >= 15 is 0 Å². The van der Waals surface area contributed by atoms with Crippen LogP contribution in [0.5, 0.6) is 11.5 Å². The summed E-state index contributed by atoms with van der Waals surface area (Å²) in [6, 6.07) is 9.91. The number of amides is 1. The highest BCUT2D eigenvalue weighted by Crippen LogP contribution is 2.43. The first kappa shape index (κ1) is 29.7. The van der Waals surface area contributed by atoms with Crippen molar-refractivity contribution in [3.05, 3.63) is 47.0 Å². The van der Waals surface area contributed by atoms with Crippen LogP contribution in [0.15, 0.2) is 30.3 Å². The molecule has 2 aromatic carbocycles. The van der Waals surface area contributed by atoms with Crippen molar-refractivity contribution < 1.29 is 22.1 Å². The Bertz CT molecular complexity index is 1360. The third kappa shape index (κ3) is 6.43. The summed E-state index contributed by atoms with van der Waals surface area (Å²) in [4.78, 5) is 20.5. The van der Waals surface area contributed by atoms with Gasteiger partial charge in [-0.3, -0.25) is 4.79 Å². The molecule has 0 spiro atoms. The van der Waals surface area contributed by atoms with Crippen molar-refractivity contribution in [2.24, 2.45) is 0 Å². The average molecular weight is 560 g/mol. The van der Waals surface area contributed by atoms with E-state index in [-0.39, 0.29) is 48.8 Å². The number of fused-ring (bicyclic) bond motifs is 2. The van der Waals surface area contributed by atoms with Crippen LogP contribution in [0.4, 0.5) is 0 Å². The van der Waals surface area contributed by atoms with Crippen LogP contribution in [0.25, 0.3) is 22.2 Å². The van der Waals surface area contributed by atoms with E-state index < -0.39 is 10.1 Å². The van der Waals surface area contributed by atoms with Gasteiger partial charge in [-0.15, -0.1) is 24.8 Å². The number of benzene rings is 2. The average Bonchev–Trinajstić information content (AvgIpc) is 3.35. The first-order valence-corrected chi connectivity index (χ1v) is 12.7. The summed E-state index contributed by atoms with van der Waals surface area (Å²) in [7, 11) is 3.86. The molecule has 0 unspecified atom stereocenters. The SMILES string of the molecule is COc1cc(-c2cc3cc(CN(C)CCN(C)C)ccc3[nH]2)c2c(c1OS(C)(=O)=O)CNC2=O.Cl.Cl. The van der Waals surface area contributed by atoms with Gasteiger partial charge in [-0.2, -0.15) is 8.42 Å². The lowest BCUT2D eigenvalue weighted by Gasteiger charge is -2.19. The predicted molar refractivity (Wildman–Crippen MR) is 146 cm³/mol. The van der Waals surface area contributed by atoms with E-state index in [1.165, 1.54) is 12.7 Å². The maximum Gasteiger partial charge on any atom is 0.306 e. The van der Waals surface area contributed by atoms with Crippen LogP contribution in [-0.2, 0) is 23.2 Å². The number of carbonyl (C=O) groups excluding carboxylic acids is 1. The minimum atomic E-state index is -3.80. The molecular weight excluding hydrogens is 527 g/mol. The summed E-state index contributed by atoms with van der Waals surface area (Å²) in [6.07, 6.45) is 0.962. The number of carbonyl (C=O) groups is 1. The Balaban J connectivity index is 0.00000228. The van der Waals surface area contributed by atoms with Crippen LogP contribution in [0.3, 0.4) is 0 Å². The van der Waals surface area contributed by atoms with Gasteiger partial charge in [-0.25, -0.2) is 0 Å². The number of hydrogen-bond donors (Lipinski definition) is 2. The van der Waals surface area contributed by atoms with Gasteiger partial charge in [-0.1, -0.05) is 6.07 Å². The zero-order chi connectivity index (χ0) is 24.6. The second-order valence-corrected chi connectivity index (χ2v) is 10.5. The molecule has 0 radical (unpaired) electrons. The summed E-state index contributed by atoms with van der Waals surface area (Å²) in [5.74, 6) is 0.00617. The minimum Gasteiger partial charge on any atom is -0.493 e. The van der Waals surface area contributed by atoms with Crippen LogP contribution in [0, 0.1) is 0 Å². The van der Waals surface area contributed by atoms with E-state index in [1.807, 2.05) is 12.1 Å². The highest BCUT2D eigenvalue weighted by Gasteiger charge is 2.31. The van der Waals surface area contributed by atoms with Crippen LogP contribution in [0.1, 0.15) is 21.5 Å². The zero-order valence-corrected chi connectivity index (χ0v) is 23.3. The number of halogens is 2. The standard InChI is InChI=1S/C24H30N4O5S.2ClH/c1-27(2)8-9-28(3)14-15-6-7-19-16(10-15)11-20(26-19)17-12-21(32-4)23(33-34(5,30)31)18-13-25-24(29)22(17)18;;/h6-7,10-12,26H,8-9,13-14H2,1-5H3,(H,25,29);2*1H. The number of aromatic amines is 1. The van der Waals surface area contributed by atoms with Gasteiger partial charge in [0, 0.05) is 53.9 Å². The molecule has 0 bridgehead atoms. The van der Waals surface area contributed by atoms with Crippen LogP contribution < -0.4 is 14.2 Å². The summed E-state index contributed by atoms with van der Waals surface area (Å²) >= 11 is 0. The van der Waals surface area contributed by atoms with Crippen molar-refractivity contribution >= 4 is 51.7 Å². The van der Waals surface area contributed by atoms with Crippen molar-refractivity contribution in [3.8, 4) is 22.8 Å². The Morgan fingerprint density at radius 3 is 2.42 bits per heavy atom. The van der Waals surface area contributed by atoms with Gasteiger partial charge in [0.1, 0.15) is 0 Å². The molecule has 1 aliphatic heterocycles. The van der Waals surface area contributed by atoms with E-state index in [1.54, 1.807) is 6.07 Å². The highest BCUT2D eigenvalue weighted by atomic mass is 35.5. The largest absolute Gasteiger partial charge is 0.493 e. The van der Waals surface area contributed by atoms with Gasteiger partial charge in [0.2, 0.25) is 0 Å². The van der Waals surface area contributed by atoms with Gasteiger partial charge in [0.15, 0.2) is 11.5 Å². The Labute approximate surface area is 224 Å². The van der Waals surface area contributed by atoms with E-state index in [4.69, 9.17) is 8.92 Å². The highest BCUT2D eigenvalue weighted by molar-refractivity contribution is 7.86. The minimum absolute atomic E-state index is 0. The lowest BCUT2D eigenvalue weighted by Crippen LogP contribution is -2.28. The van der Waals surface area contributed by atoms with Gasteiger partial charge in [0.05, 0.1) is 18.9 Å². The smallest absolute Gasteiger partial charge is 0.306 e. The van der Waals surface area contributed by atoms with Crippen LogP contribution in [-0.4, -0.2) is 76.7 Å². The summed E-state index contributed by atoms with van der Waals surface area (Å²) in [6.45, 7) is 2.94. The molecule has 0 atom stereocenters. The molecule has 1 aliphatic rings. The van der Waals surface area contributed by atoms with Gasteiger partial charge in [-0.05, 0) is 51.0 Å². The van der Waals surface area contributed by atoms with E-state index in [9.17, 15) is 13.2 Å². The number of aromatic nitrogens is 1. The second-order valence-electron chi connectivity index (χ2n) is 8.92. The number of methoxy groups -OCH3 is 1. The molecule has 1 aromatic heterocycles. The fourth-order valence-electron chi connectivity index (χ4n) is 4.17. The first-order chi connectivity index (χ1) is 16.1. The number of ether oxygens (including phenoxy) is 1. The topological polar surface area (TPSA) is 104 Å². The predicted octanol–water partition coefficient (Wildman–Crippen LogP) is 3.26. The molecule has 1 amide bonds. The molecule has 0 fully saturated rings. The van der Waals surface area contributed by atoms with E-state index in [0.717, 1.165) is 42.5 Å². The van der Waals surface area contributed by atoms with E-state index in [2.05, 4.69) is 53.4 Å².